The van der Waals surface area contributed by atoms with Crippen molar-refractivity contribution in [1.82, 2.24) is 80.5 Å². The van der Waals surface area contributed by atoms with Crippen LogP contribution >= 0.6 is 0 Å². The van der Waals surface area contributed by atoms with Crippen molar-refractivity contribution in [3.05, 3.63) is 145 Å². The van der Waals surface area contributed by atoms with Gasteiger partial charge in [-0.1, -0.05) is 0 Å². The van der Waals surface area contributed by atoms with Crippen LogP contribution in [0.25, 0.3) is 44.1 Å². The largest absolute Gasteiger partial charge is 0.488 e. The number of hydrogen-bond donors (Lipinski definition) is 10. The molecular formula is C97H142N22O14S. The van der Waals surface area contributed by atoms with E-state index in [1.54, 1.807) is 86.5 Å². The van der Waals surface area contributed by atoms with Gasteiger partial charge in [-0.05, 0) is 257 Å². The fourth-order valence-corrected chi connectivity index (χ4v) is 17.4. The molecule has 3 amide bonds. The van der Waals surface area contributed by atoms with Crippen LogP contribution in [0.4, 0.5) is 39.4 Å². The molecule has 8 heterocycles. The summed E-state index contributed by atoms with van der Waals surface area (Å²) in [6, 6.07) is 15.8. The molecule has 0 radical (unpaired) electrons. The van der Waals surface area contributed by atoms with Crippen LogP contribution in [0.15, 0.2) is 123 Å². The van der Waals surface area contributed by atoms with Gasteiger partial charge in [0.05, 0.1) is 94.1 Å². The Morgan fingerprint density at radius 2 is 0.746 bits per heavy atom. The van der Waals surface area contributed by atoms with Crippen molar-refractivity contribution >= 4 is 107 Å². The fraction of sp³-hybridized carbons (Fsp3) is 0.557. The zero-order valence-electron chi connectivity index (χ0n) is 79.8. The number of benzene rings is 4. The summed E-state index contributed by atoms with van der Waals surface area (Å²) in [5.74, 6) is 3.16. The number of fused-ring (bicyclic) bond motifs is 4. The van der Waals surface area contributed by atoms with Crippen LogP contribution in [0.3, 0.4) is 0 Å². The van der Waals surface area contributed by atoms with Gasteiger partial charge in [0.15, 0.2) is 0 Å². The first-order chi connectivity index (χ1) is 64.9. The minimum Gasteiger partial charge on any atom is -0.488 e. The Morgan fingerprint density at radius 3 is 1.10 bits per heavy atom. The molecule has 2 saturated heterocycles. The SMILES string of the molecule is CC1OCCC1NC(=O)c1cnc(NC2CCC(Oc3cc(N)cc4nccnc34)CC2)nc1.CCOC(=O)NC1CCC(Cc2cc(N)cc3nccnc23)CC1.CCOCC.CCOCC.CCOCC.CCOCC.CS(=O)(=O)NC1CCC(Cc2cc(N)cc3nccnc23)CC1.Nc1cc(OC2CCC(Nc3ncc(C(=O)N[C@@H]4CCOC4)cn3)CC2)c2nccnc2c1. The third-order valence-corrected chi connectivity index (χ3v) is 23.9. The topological polar surface area (TPSA) is 499 Å². The van der Waals surface area contributed by atoms with E-state index >= 15 is 0 Å². The number of alkyl carbamates (subject to hydrolysis) is 1. The molecule has 4 aliphatic carbocycles. The lowest BCUT2D eigenvalue weighted by Crippen LogP contribution is -2.39. The molecule has 37 heteroatoms. The van der Waals surface area contributed by atoms with E-state index in [1.807, 2.05) is 106 Å². The van der Waals surface area contributed by atoms with Crippen LogP contribution in [0, 0.1) is 11.8 Å². The van der Waals surface area contributed by atoms with E-state index in [9.17, 15) is 22.8 Å². The van der Waals surface area contributed by atoms with E-state index in [0.717, 1.165) is 237 Å². The highest BCUT2D eigenvalue weighted by Gasteiger charge is 2.31. The monoisotopic (exact) mass is 1870 g/mol. The van der Waals surface area contributed by atoms with Gasteiger partial charge in [-0.2, -0.15) is 0 Å². The molecule has 4 saturated carbocycles. The second kappa shape index (κ2) is 57.4. The maximum absolute atomic E-state index is 12.4. The predicted octanol–water partition coefficient (Wildman–Crippen LogP) is 14.1. The maximum atomic E-state index is 12.4. The molecule has 3 atom stereocenters. The number of amides is 3. The van der Waals surface area contributed by atoms with Crippen LogP contribution in [0.1, 0.15) is 217 Å². The van der Waals surface area contributed by atoms with Crippen LogP contribution in [0.2, 0.25) is 0 Å². The Hall–Kier alpha value is -11.3. The number of hydrogen-bond acceptors (Lipinski definition) is 32. The van der Waals surface area contributed by atoms with E-state index in [-0.39, 0.29) is 72.5 Å². The van der Waals surface area contributed by atoms with Crippen molar-refractivity contribution in [1.29, 1.82) is 0 Å². The van der Waals surface area contributed by atoms with E-state index in [4.69, 9.17) is 65.6 Å². The van der Waals surface area contributed by atoms with Crippen LogP contribution in [-0.2, 0) is 56.0 Å². The van der Waals surface area contributed by atoms with Crippen molar-refractivity contribution in [3.63, 3.8) is 0 Å². The summed E-state index contributed by atoms with van der Waals surface area (Å²) in [5, 5.41) is 15.6. The van der Waals surface area contributed by atoms with Crippen molar-refractivity contribution in [2.75, 3.05) is 119 Å². The molecule has 6 fully saturated rings. The molecule has 134 heavy (non-hydrogen) atoms. The Kier molecular flexibility index (Phi) is 45.6. The molecule has 2 unspecified atom stereocenters. The summed E-state index contributed by atoms with van der Waals surface area (Å²) in [7, 11) is -3.12. The average molecular weight is 1870 g/mol. The molecule has 10 aromatic rings. The van der Waals surface area contributed by atoms with Gasteiger partial charge in [0.2, 0.25) is 21.9 Å². The number of nitrogens with two attached hydrogens (primary N) is 4. The number of ether oxygens (including phenoxy) is 9. The number of anilines is 6. The zero-order valence-corrected chi connectivity index (χ0v) is 80.6. The molecule has 0 bridgehead atoms. The quantitative estimate of drug-likeness (QED) is 0.0204. The van der Waals surface area contributed by atoms with Gasteiger partial charge >= 0.3 is 6.09 Å². The van der Waals surface area contributed by atoms with Crippen LogP contribution in [-0.4, -0.2) is 226 Å². The van der Waals surface area contributed by atoms with Gasteiger partial charge < -0.3 is 92.2 Å². The highest BCUT2D eigenvalue weighted by molar-refractivity contribution is 7.88. The second-order valence-electron chi connectivity index (χ2n) is 33.4. The highest BCUT2D eigenvalue weighted by Crippen LogP contribution is 2.36. The van der Waals surface area contributed by atoms with Crippen LogP contribution < -0.4 is 63.7 Å². The number of carbonyl (C=O) groups is 3. The molecular weight excluding hydrogens is 1730 g/mol. The Labute approximate surface area is 788 Å². The van der Waals surface area contributed by atoms with Gasteiger partial charge in [-0.25, -0.2) is 47.8 Å². The van der Waals surface area contributed by atoms with Crippen molar-refractivity contribution in [3.8, 4) is 11.5 Å². The first-order valence-electron chi connectivity index (χ1n) is 47.4. The molecule has 16 rings (SSSR count). The van der Waals surface area contributed by atoms with E-state index in [1.165, 1.54) is 11.8 Å². The molecule has 2 aliphatic heterocycles. The summed E-state index contributed by atoms with van der Waals surface area (Å²) >= 11 is 0. The number of nitrogens with one attached hydrogen (secondary N) is 6. The van der Waals surface area contributed by atoms with Gasteiger partial charge in [-0.3, -0.25) is 39.5 Å². The Bertz CT molecular complexity index is 5230. The molecule has 6 aliphatic rings. The average Bonchev–Trinajstić information content (AvgIpc) is 0.829. The minimum absolute atomic E-state index is 0.0239. The lowest BCUT2D eigenvalue weighted by Gasteiger charge is -2.29. The summed E-state index contributed by atoms with van der Waals surface area (Å²) in [6.45, 7) is 28.8. The third kappa shape index (κ3) is 36.5. The molecule has 6 aromatic heterocycles. The smallest absolute Gasteiger partial charge is 0.407 e. The Balaban J connectivity index is 0.000000189. The second-order valence-corrected chi connectivity index (χ2v) is 35.1. The van der Waals surface area contributed by atoms with E-state index in [2.05, 4.69) is 91.1 Å². The normalized spacial score (nSPS) is 20.6. The van der Waals surface area contributed by atoms with Crippen LogP contribution in [0.5, 0.6) is 11.5 Å². The minimum atomic E-state index is -3.12. The van der Waals surface area contributed by atoms with E-state index in [0.29, 0.717) is 89.8 Å². The van der Waals surface area contributed by atoms with Crippen molar-refractivity contribution < 1.29 is 65.4 Å². The molecule has 36 nitrogen and oxygen atoms in total. The first-order valence-corrected chi connectivity index (χ1v) is 49.3. The summed E-state index contributed by atoms with van der Waals surface area (Å²) in [6.07, 6.45) is 39.4. The van der Waals surface area contributed by atoms with Gasteiger partial charge in [0, 0.05) is 199 Å². The molecule has 730 valence electrons. The summed E-state index contributed by atoms with van der Waals surface area (Å²) in [4.78, 5) is 88.6. The first kappa shape index (κ1) is 106. The number of aromatic nitrogens is 12. The van der Waals surface area contributed by atoms with Gasteiger partial charge in [-0.15, -0.1) is 0 Å². The van der Waals surface area contributed by atoms with Gasteiger partial charge in [0.1, 0.15) is 22.5 Å². The standard InChI is InChI=1S/C24H29N7O3.C23H27N7O3.C18H24N4O2.C16H22N4O2S.4C4H10O/c1-14-19(6-9-33-14)31-23(32)15-12-28-24(29-13-15)30-17-2-4-18(5-3-17)34-21-11-16(25)10-20-22(21)27-8-7-26-20;24-15-9-19-21(26-7-6-25-19)20(10-15)33-18-3-1-16(2-4-18)30-23-27-11-14(12-28-23)22(31)29-17-5-8-32-13-17;1-2-24-18(23)22-15-5-3-12(4-6-15)9-13-10-14(19)11-16-17(13)21-8-7-20-16;1-23(21,22)20-14-4-2-11(3-5-14)8-12-9-13(17)10-15-16(12)19-7-6-18-15;4*1-3-5-4-2/h7-8,10-14,17-19H,2-6,9,25H2,1H3,(H,31,32)(H,28,29,30);6-7,9-12,16-18H,1-5,8,13,24H2,(H,29,31)(H,27,28,30);7-8,10-12,15H,2-6,9,19H2,1H3,(H,22,23);6-7,9-11,14,20H,2-5,8,17H2,1H3;4*3-4H2,1-2H3/t;16?,17-,18?;;;;;;/m.1....../s1. The number of sulfonamides is 1. The fourth-order valence-electron chi connectivity index (χ4n) is 16.5. The Morgan fingerprint density at radius 1 is 0.388 bits per heavy atom. The number of carbonyl (C=O) groups excluding carboxylic acids is 3. The number of nitrogens with zero attached hydrogens (tertiary/aromatic N) is 12. The number of nitrogen functional groups attached to an aromatic ring is 4. The third-order valence-electron chi connectivity index (χ3n) is 23.2. The van der Waals surface area contributed by atoms with Gasteiger partial charge in [0.25, 0.3) is 11.8 Å². The van der Waals surface area contributed by atoms with E-state index < -0.39 is 10.0 Å². The summed E-state index contributed by atoms with van der Waals surface area (Å²) in [5.41, 5.74) is 36.3. The summed E-state index contributed by atoms with van der Waals surface area (Å²) < 4.78 is 72.9. The lowest BCUT2D eigenvalue weighted by atomic mass is 9.82. The molecule has 4 aromatic carbocycles. The zero-order chi connectivity index (χ0) is 96.0. The number of rotatable bonds is 28. The predicted molar refractivity (Wildman–Crippen MR) is 524 cm³/mol. The maximum Gasteiger partial charge on any atom is 0.407 e. The van der Waals surface area contributed by atoms with Crippen molar-refractivity contribution in [2.45, 2.75) is 252 Å². The lowest BCUT2D eigenvalue weighted by molar-refractivity contribution is 0.0865. The molecule has 0 spiro atoms. The molecule has 14 N–H and O–H groups in total. The highest BCUT2D eigenvalue weighted by atomic mass is 32.2. The van der Waals surface area contributed by atoms with Crippen molar-refractivity contribution in [2.24, 2.45) is 11.8 Å².